The highest BCUT2D eigenvalue weighted by Gasteiger charge is 2.40. The van der Waals surface area contributed by atoms with Gasteiger partial charge in [0.05, 0.1) is 0 Å². The number of rotatable bonds is 0. The molecule has 0 aromatic carbocycles. The van der Waals surface area contributed by atoms with Gasteiger partial charge in [0.15, 0.2) is 0 Å². The Balaban J connectivity index is 0.850. The van der Waals surface area contributed by atoms with Gasteiger partial charge in [-0.05, 0) is 0 Å². The van der Waals surface area contributed by atoms with Gasteiger partial charge in [-0.25, -0.2) is 19.6 Å². The summed E-state index contributed by atoms with van der Waals surface area (Å²) < 4.78 is 0. The number of hydrogen-bond acceptors (Lipinski definition) is 37. The molecule has 0 fully saturated rings. The molecule has 0 atom stereocenters. The Hall–Kier alpha value is -10.5. The Labute approximate surface area is 332 Å². The fraction of sp³-hybridized carbons (Fsp3) is 0. The second-order valence-electron chi connectivity index (χ2n) is 12.1. The fourth-order valence-electron chi connectivity index (χ4n) is 5.87. The van der Waals surface area contributed by atoms with Crippen molar-refractivity contribution in [2.45, 2.75) is 0 Å². The molecule has 0 amide bonds. The maximum atomic E-state index is 6.05. The summed E-state index contributed by atoms with van der Waals surface area (Å²) in [5, 5.41) is 8.69. The first kappa shape index (κ1) is 32.7. The van der Waals surface area contributed by atoms with E-state index in [1.165, 1.54) is 19.6 Å². The van der Waals surface area contributed by atoms with Crippen molar-refractivity contribution in [3.63, 3.8) is 0 Å². The first-order chi connectivity index (χ1) is 29.5. The molecular weight excluding hydrogens is 807 g/mol. The van der Waals surface area contributed by atoms with Crippen LogP contribution in [0, 0.1) is 0 Å². The number of nitrogens with zero attached hydrogens (tertiary/aromatic N) is 28. The van der Waals surface area contributed by atoms with Crippen LogP contribution in [0.5, 0.6) is 0 Å². The van der Waals surface area contributed by atoms with E-state index in [9.17, 15) is 0 Å². The molecule has 0 aromatic heterocycles. The normalized spacial score (nSPS) is 23.4. The van der Waals surface area contributed by atoms with E-state index in [1.54, 1.807) is 0 Å². The SMILES string of the molecule is NC1=NC2=NC(N)=NC3=NC(NC4=NC5=NC(N)=NC6=NC(NC7=NC8=NC(N)=NC9=NC(NC%10=NC%11=NC(N)=NC%12=NC(N)=NC(=N%10)N%12%11)=NC(=N7)N89)=NC(=N4)N56)=NC(=N1)N23. The van der Waals surface area contributed by atoms with Crippen LogP contribution in [0.1, 0.15) is 0 Å². The zero-order chi connectivity index (χ0) is 41.3. The van der Waals surface area contributed by atoms with Crippen LogP contribution in [-0.4, -0.2) is 163 Å². The van der Waals surface area contributed by atoms with Crippen molar-refractivity contribution in [2.24, 2.45) is 154 Å². The predicted octanol–water partition coefficient (Wildman–Crippen LogP) is -8.58. The van der Waals surface area contributed by atoms with E-state index in [1.807, 2.05) is 0 Å². The summed E-state index contributed by atoms with van der Waals surface area (Å²) in [7, 11) is 0. The van der Waals surface area contributed by atoms with Gasteiger partial charge in [-0.15, -0.1) is 0 Å². The Bertz CT molecular complexity index is 2990. The van der Waals surface area contributed by atoms with Gasteiger partial charge in [0.1, 0.15) is 0 Å². The second kappa shape index (κ2) is 11.5. The predicted molar refractivity (Wildman–Crippen MR) is 220 cm³/mol. The van der Waals surface area contributed by atoms with Gasteiger partial charge in [-0.1, -0.05) is 0 Å². The van der Waals surface area contributed by atoms with Gasteiger partial charge in [0, 0.05) is 0 Å². The Morgan fingerprint density at radius 1 is 0.197 bits per heavy atom. The zero-order valence-corrected chi connectivity index (χ0v) is 29.5. The lowest BCUT2D eigenvalue weighted by Gasteiger charge is -2.31. The molecule has 12 rings (SSSR count). The van der Waals surface area contributed by atoms with E-state index >= 15 is 0 Å². The van der Waals surface area contributed by atoms with E-state index in [4.69, 9.17) is 34.4 Å². The quantitative estimate of drug-likeness (QED) is 0.110. The average molecular weight is 822 g/mol. The first-order valence-electron chi connectivity index (χ1n) is 16.6. The minimum atomic E-state index is -0.174. The second-order valence-corrected chi connectivity index (χ2v) is 12.1. The third kappa shape index (κ3) is 5.27. The first-order valence-corrected chi connectivity index (χ1v) is 16.6. The lowest BCUT2D eigenvalue weighted by atomic mass is 10.5. The van der Waals surface area contributed by atoms with Crippen molar-refractivity contribution < 1.29 is 0 Å². The minimum Gasteiger partial charge on any atom is -0.368 e. The Morgan fingerprint density at radius 3 is 0.541 bits per heavy atom. The van der Waals surface area contributed by atoms with E-state index in [0.717, 1.165) is 0 Å². The summed E-state index contributed by atoms with van der Waals surface area (Å²) in [6, 6.07) is 0. The molecule has 0 aliphatic carbocycles. The molecule has 0 spiro atoms. The van der Waals surface area contributed by atoms with Crippen LogP contribution < -0.4 is 50.4 Å². The van der Waals surface area contributed by atoms with Crippen LogP contribution in [0.15, 0.2) is 120 Å². The Morgan fingerprint density at radius 2 is 0.344 bits per heavy atom. The van der Waals surface area contributed by atoms with Gasteiger partial charge < -0.3 is 34.4 Å². The van der Waals surface area contributed by atoms with Gasteiger partial charge in [-0.2, -0.15) is 120 Å². The molecule has 61 heavy (non-hydrogen) atoms. The van der Waals surface area contributed by atoms with E-state index < -0.39 is 0 Å². The summed E-state index contributed by atoms with van der Waals surface area (Å²) >= 11 is 0. The summed E-state index contributed by atoms with van der Waals surface area (Å²) in [5.41, 5.74) is 35.5. The third-order valence-electron chi connectivity index (χ3n) is 8.12. The number of aliphatic imine (C=N–C) groups is 24. The maximum absolute atomic E-state index is 6.05. The van der Waals surface area contributed by atoms with Gasteiger partial charge in [0.25, 0.3) is 0 Å². The molecule has 0 radical (unpaired) electrons. The highest BCUT2D eigenvalue weighted by Crippen LogP contribution is 2.20. The number of nitrogens with one attached hydrogen (secondary N) is 3. The van der Waals surface area contributed by atoms with Crippen LogP contribution in [0.4, 0.5) is 0 Å². The summed E-state index contributed by atoms with van der Waals surface area (Å²) in [6.07, 6.45) is 0. The van der Waals surface area contributed by atoms with Crippen LogP contribution >= 0.6 is 0 Å². The molecule has 296 valence electrons. The van der Waals surface area contributed by atoms with Crippen molar-refractivity contribution in [2.75, 3.05) is 0 Å². The largest absolute Gasteiger partial charge is 0.368 e. The van der Waals surface area contributed by atoms with E-state index in [0.29, 0.717) is 0 Å². The Kier molecular flexibility index (Phi) is 6.17. The van der Waals surface area contributed by atoms with Gasteiger partial charge >= 0.3 is 0 Å². The molecule has 0 saturated heterocycles. The van der Waals surface area contributed by atoms with Crippen molar-refractivity contribution in [3.8, 4) is 0 Å². The standard InChI is InChI=1S/C24H15N37/c25-1-31-13-32-2(26)36-16-47-7(46-15(35-1)58(13)16)43-9-50-19-39-5(29)41-21-52-11(56-23(54-9)60(19)21)45-12-53-22-42-6(30)40-20-51-10(55-24(57-12)61(20)22)44-8-48-17-37-3(27)33-14-34-4(28)38-18(49-8)59(14)17/h(H15,25,26,27,28,29,30,31,32,33,34,35,36,37,38,39,40,41,42,43,44,45,46,47,48,49,50,51,52,53,54,55,56,57). The lowest BCUT2D eigenvalue weighted by molar-refractivity contribution is 0.812. The molecule has 37 nitrogen and oxygen atoms in total. The topological polar surface area (TPSA) is 502 Å². The van der Waals surface area contributed by atoms with Gasteiger partial charge in [-0.3, -0.25) is 16.0 Å². The highest BCUT2D eigenvalue weighted by atomic mass is 15.6. The molecule has 0 aromatic rings. The van der Waals surface area contributed by atoms with E-state index in [-0.39, 0.29) is 143 Å². The van der Waals surface area contributed by atoms with Crippen molar-refractivity contribution >= 4 is 143 Å². The molecule has 0 bridgehead atoms. The molecule has 37 heteroatoms. The molecule has 0 unspecified atom stereocenters. The van der Waals surface area contributed by atoms with Crippen LogP contribution in [0.3, 0.4) is 0 Å². The number of nitrogens with two attached hydrogens (primary N) is 6. The van der Waals surface area contributed by atoms with Crippen molar-refractivity contribution in [1.29, 1.82) is 0 Å². The molecule has 12 aliphatic heterocycles. The molecule has 12 heterocycles. The van der Waals surface area contributed by atoms with Crippen molar-refractivity contribution in [3.05, 3.63) is 0 Å². The van der Waals surface area contributed by atoms with Crippen molar-refractivity contribution in [1.82, 2.24) is 35.6 Å². The minimum absolute atomic E-state index is 0.00208. The summed E-state index contributed by atoms with van der Waals surface area (Å²) in [4.78, 5) is 108. The third-order valence-corrected chi connectivity index (χ3v) is 8.12. The zero-order valence-electron chi connectivity index (χ0n) is 29.5. The average Bonchev–Trinajstić information content (AvgIpc) is 3.16. The fourth-order valence-corrected chi connectivity index (χ4v) is 5.87. The van der Waals surface area contributed by atoms with Crippen LogP contribution in [0.25, 0.3) is 0 Å². The number of guanidine groups is 24. The summed E-state index contributed by atoms with van der Waals surface area (Å²) in [5.74, 6) is -0.936. The smallest absolute Gasteiger partial charge is 0.246 e. The monoisotopic (exact) mass is 821 g/mol. The van der Waals surface area contributed by atoms with E-state index in [2.05, 4.69) is 136 Å². The maximum Gasteiger partial charge on any atom is 0.246 e. The molecule has 0 saturated carbocycles. The summed E-state index contributed by atoms with van der Waals surface area (Å²) in [6.45, 7) is 0. The van der Waals surface area contributed by atoms with Gasteiger partial charge in [0.2, 0.25) is 143 Å². The molecule has 15 N–H and O–H groups in total. The molecule has 12 aliphatic rings. The lowest BCUT2D eigenvalue weighted by Crippen LogP contribution is -2.54. The molecular formula is C24H15N37. The highest BCUT2D eigenvalue weighted by molar-refractivity contribution is 6.36. The van der Waals surface area contributed by atoms with Crippen LogP contribution in [0.2, 0.25) is 0 Å². The number of hydrogen-bond donors (Lipinski definition) is 9. The van der Waals surface area contributed by atoms with Crippen LogP contribution in [-0.2, 0) is 0 Å².